The molecule has 35 heavy (non-hydrogen) atoms. The van der Waals surface area contributed by atoms with E-state index in [0.717, 1.165) is 48.8 Å². The van der Waals surface area contributed by atoms with Crippen molar-refractivity contribution in [3.8, 4) is 0 Å². The second-order valence-electron chi connectivity index (χ2n) is 9.83. The van der Waals surface area contributed by atoms with Crippen LogP contribution in [0, 0.1) is 0 Å². The van der Waals surface area contributed by atoms with Gasteiger partial charge in [-0.3, -0.25) is 9.69 Å². The summed E-state index contributed by atoms with van der Waals surface area (Å²) in [7, 11) is 0. The number of hydrogen-bond donors (Lipinski definition) is 1. The number of carbonyl (C=O) groups is 1. The molecule has 9 heteroatoms. The molecule has 8 nitrogen and oxygen atoms in total. The molecule has 0 bridgehead atoms. The molecule has 2 saturated heterocycles. The fourth-order valence-corrected chi connectivity index (χ4v) is 5.70. The standard InChI is InChI=1S/C26H34ClN5O3/c1-18-15-22(33)24-23(18)25(29-17-28-24)31-8-10-32(11-9-31)26(34)21(19-3-5-20(27)6-4-19)16-30-7-2-13-35-14-12-30/h3-6,17-18,21-22,33H,2,7-16H2,1H3/t18-,21?,22-/m1/s1. The van der Waals surface area contributed by atoms with Crippen molar-refractivity contribution in [2.75, 3.05) is 63.9 Å². The lowest BCUT2D eigenvalue weighted by atomic mass is 9.96. The number of halogens is 1. The Morgan fingerprint density at radius 3 is 2.66 bits per heavy atom. The van der Waals surface area contributed by atoms with Gasteiger partial charge < -0.3 is 19.6 Å². The number of fused-ring (bicyclic) bond motifs is 1. The number of amides is 1. The average Bonchev–Trinajstić information content (AvgIpc) is 3.03. The molecule has 3 aliphatic rings. The first-order chi connectivity index (χ1) is 17.0. The van der Waals surface area contributed by atoms with Gasteiger partial charge in [-0.2, -0.15) is 0 Å². The molecule has 188 valence electrons. The Labute approximate surface area is 211 Å². The summed E-state index contributed by atoms with van der Waals surface area (Å²) >= 11 is 6.14. The van der Waals surface area contributed by atoms with Crippen molar-refractivity contribution in [1.82, 2.24) is 19.8 Å². The number of nitrogens with zero attached hydrogens (tertiary/aromatic N) is 5. The molecule has 1 unspecified atom stereocenters. The summed E-state index contributed by atoms with van der Waals surface area (Å²) in [6.45, 7) is 8.76. The molecule has 2 aliphatic heterocycles. The van der Waals surface area contributed by atoms with Crippen molar-refractivity contribution >= 4 is 23.3 Å². The van der Waals surface area contributed by atoms with Gasteiger partial charge in [0.15, 0.2) is 0 Å². The summed E-state index contributed by atoms with van der Waals surface area (Å²) < 4.78 is 5.62. The number of benzene rings is 1. The van der Waals surface area contributed by atoms with Gasteiger partial charge in [-0.05, 0) is 36.5 Å². The van der Waals surface area contributed by atoms with E-state index in [1.54, 1.807) is 6.33 Å². The third-order valence-corrected chi connectivity index (χ3v) is 7.75. The van der Waals surface area contributed by atoms with Crippen molar-refractivity contribution in [2.45, 2.75) is 37.7 Å². The third kappa shape index (κ3) is 5.31. The van der Waals surface area contributed by atoms with Gasteiger partial charge in [-0.1, -0.05) is 30.7 Å². The maximum Gasteiger partial charge on any atom is 0.231 e. The molecule has 3 heterocycles. The first-order valence-electron chi connectivity index (χ1n) is 12.6. The molecule has 0 saturated carbocycles. The first-order valence-corrected chi connectivity index (χ1v) is 13.0. The Morgan fingerprint density at radius 1 is 1.11 bits per heavy atom. The van der Waals surface area contributed by atoms with Crippen LogP contribution in [0.1, 0.15) is 54.5 Å². The number of aliphatic hydroxyl groups excluding tert-OH is 1. The summed E-state index contributed by atoms with van der Waals surface area (Å²) in [4.78, 5) is 29.3. The van der Waals surface area contributed by atoms with Gasteiger partial charge in [0.05, 0.1) is 24.3 Å². The van der Waals surface area contributed by atoms with Crippen LogP contribution < -0.4 is 4.90 Å². The van der Waals surface area contributed by atoms with E-state index in [1.807, 2.05) is 29.2 Å². The van der Waals surface area contributed by atoms with Crippen molar-refractivity contribution in [1.29, 1.82) is 0 Å². The quantitative estimate of drug-likeness (QED) is 0.677. The minimum absolute atomic E-state index is 0.161. The fourth-order valence-electron chi connectivity index (χ4n) is 5.57. The maximum absolute atomic E-state index is 13.8. The summed E-state index contributed by atoms with van der Waals surface area (Å²) in [5.41, 5.74) is 2.82. The molecule has 0 radical (unpaired) electrons. The van der Waals surface area contributed by atoms with Gasteiger partial charge in [0.25, 0.3) is 0 Å². The molecule has 0 spiro atoms. The van der Waals surface area contributed by atoms with Crippen LogP contribution in [0.2, 0.25) is 5.02 Å². The molecule has 1 aromatic heterocycles. The molecule has 2 fully saturated rings. The number of anilines is 1. The van der Waals surface area contributed by atoms with Crippen molar-refractivity contribution in [2.24, 2.45) is 0 Å². The van der Waals surface area contributed by atoms with Crippen LogP contribution in [0.25, 0.3) is 0 Å². The molecule has 5 rings (SSSR count). The van der Waals surface area contributed by atoms with E-state index >= 15 is 0 Å². The highest BCUT2D eigenvalue weighted by Crippen LogP contribution is 2.42. The Bertz CT molecular complexity index is 1020. The minimum atomic E-state index is -0.519. The van der Waals surface area contributed by atoms with Crippen LogP contribution in [0.15, 0.2) is 30.6 Å². The first kappa shape index (κ1) is 24.4. The summed E-state index contributed by atoms with van der Waals surface area (Å²) in [6, 6.07) is 7.69. The monoisotopic (exact) mass is 499 g/mol. The topological polar surface area (TPSA) is 82.0 Å². The Balaban J connectivity index is 1.30. The number of piperazine rings is 1. The zero-order chi connectivity index (χ0) is 24.4. The fraction of sp³-hybridized carbons (Fsp3) is 0.577. The normalized spacial score (nSPS) is 24.2. The molecular weight excluding hydrogens is 466 g/mol. The number of aliphatic hydroxyl groups is 1. The van der Waals surface area contributed by atoms with Crippen molar-refractivity contribution < 1.29 is 14.6 Å². The molecule has 1 aliphatic carbocycles. The largest absolute Gasteiger partial charge is 0.387 e. The molecule has 3 atom stereocenters. The minimum Gasteiger partial charge on any atom is -0.387 e. The molecule has 2 aromatic rings. The van der Waals surface area contributed by atoms with E-state index in [0.29, 0.717) is 50.8 Å². The SMILES string of the molecule is C[C@@H]1C[C@@H](O)c2ncnc(N3CCN(C(=O)C(CN4CCCOCC4)c4ccc(Cl)cc4)CC3)c21. The van der Waals surface area contributed by atoms with Crippen molar-refractivity contribution in [3.63, 3.8) is 0 Å². The average molecular weight is 500 g/mol. The second-order valence-corrected chi connectivity index (χ2v) is 10.3. The Hall–Kier alpha value is -2.26. The van der Waals surface area contributed by atoms with E-state index < -0.39 is 6.10 Å². The third-order valence-electron chi connectivity index (χ3n) is 7.50. The number of hydrogen-bond acceptors (Lipinski definition) is 7. The van der Waals surface area contributed by atoms with E-state index in [-0.39, 0.29) is 17.7 Å². The summed E-state index contributed by atoms with van der Waals surface area (Å²) in [6.07, 6.45) is 2.70. The highest BCUT2D eigenvalue weighted by Gasteiger charge is 2.35. The van der Waals surface area contributed by atoms with Crippen LogP contribution in [-0.4, -0.2) is 89.8 Å². The molecular formula is C26H34ClN5O3. The summed E-state index contributed by atoms with van der Waals surface area (Å²) in [5.74, 6) is 1.05. The van der Waals surface area contributed by atoms with Crippen LogP contribution in [0.5, 0.6) is 0 Å². The highest BCUT2D eigenvalue weighted by molar-refractivity contribution is 6.30. The van der Waals surface area contributed by atoms with Gasteiger partial charge in [-0.15, -0.1) is 0 Å². The van der Waals surface area contributed by atoms with E-state index in [4.69, 9.17) is 16.3 Å². The van der Waals surface area contributed by atoms with Crippen LogP contribution in [0.4, 0.5) is 5.82 Å². The molecule has 1 N–H and O–H groups in total. The zero-order valence-electron chi connectivity index (χ0n) is 20.3. The predicted octanol–water partition coefficient (Wildman–Crippen LogP) is 2.83. The second kappa shape index (κ2) is 10.8. The lowest BCUT2D eigenvalue weighted by molar-refractivity contribution is -0.133. The molecule has 1 amide bonds. The van der Waals surface area contributed by atoms with Gasteiger partial charge in [0.1, 0.15) is 12.1 Å². The van der Waals surface area contributed by atoms with Crippen LogP contribution in [0.3, 0.4) is 0 Å². The van der Waals surface area contributed by atoms with Crippen LogP contribution in [-0.2, 0) is 9.53 Å². The van der Waals surface area contributed by atoms with Gasteiger partial charge in [0.2, 0.25) is 5.91 Å². The number of rotatable bonds is 5. The van der Waals surface area contributed by atoms with Crippen molar-refractivity contribution in [3.05, 3.63) is 52.4 Å². The highest BCUT2D eigenvalue weighted by atomic mass is 35.5. The number of aromatic nitrogens is 2. The predicted molar refractivity (Wildman–Crippen MR) is 135 cm³/mol. The smallest absolute Gasteiger partial charge is 0.231 e. The van der Waals surface area contributed by atoms with E-state index in [2.05, 4.69) is 26.7 Å². The lowest BCUT2D eigenvalue weighted by Gasteiger charge is -2.38. The summed E-state index contributed by atoms with van der Waals surface area (Å²) in [5, 5.41) is 11.0. The van der Waals surface area contributed by atoms with E-state index in [1.165, 1.54) is 0 Å². The number of carbonyl (C=O) groups excluding carboxylic acids is 1. The zero-order valence-corrected chi connectivity index (χ0v) is 21.0. The Morgan fingerprint density at radius 2 is 1.89 bits per heavy atom. The number of ether oxygens (including phenoxy) is 1. The van der Waals surface area contributed by atoms with E-state index in [9.17, 15) is 9.90 Å². The van der Waals surface area contributed by atoms with Gasteiger partial charge in [-0.25, -0.2) is 9.97 Å². The van der Waals surface area contributed by atoms with Gasteiger partial charge >= 0.3 is 0 Å². The van der Waals surface area contributed by atoms with Gasteiger partial charge in [0, 0.05) is 63.0 Å². The lowest BCUT2D eigenvalue weighted by Crippen LogP contribution is -2.51. The molecule has 1 aromatic carbocycles. The Kier molecular flexibility index (Phi) is 7.53. The van der Waals surface area contributed by atoms with Crippen LogP contribution >= 0.6 is 11.6 Å². The maximum atomic E-state index is 13.8.